The Morgan fingerprint density at radius 2 is 2.06 bits per heavy atom. The molecule has 1 aromatic heterocycles. The van der Waals surface area contributed by atoms with Gasteiger partial charge in [0.2, 0.25) is 0 Å². The molecule has 96 valence electrons. The molecule has 0 bridgehead atoms. The summed E-state index contributed by atoms with van der Waals surface area (Å²) in [4.78, 5) is 0. The largest absolute Gasteiger partial charge is 0.308 e. The first-order valence-electron chi connectivity index (χ1n) is 6.08. The molecule has 0 fully saturated rings. The van der Waals surface area contributed by atoms with E-state index in [1.165, 1.54) is 0 Å². The Hall–Kier alpha value is -0.780. The van der Waals surface area contributed by atoms with E-state index in [1.807, 2.05) is 18.2 Å². The fraction of sp³-hybridized carbons (Fsp3) is 0.385. The highest BCUT2D eigenvalue weighted by molar-refractivity contribution is 9.10. The summed E-state index contributed by atoms with van der Waals surface area (Å²) < 4.78 is 1.06. The van der Waals surface area contributed by atoms with Crippen LogP contribution in [0.25, 0.3) is 10.6 Å². The first-order valence-corrected chi connectivity index (χ1v) is 7.68. The molecule has 0 amide bonds. The van der Waals surface area contributed by atoms with Crippen LogP contribution in [0.5, 0.6) is 0 Å². The minimum atomic E-state index is 0.309. The quantitative estimate of drug-likeness (QED) is 0.901. The van der Waals surface area contributed by atoms with Crippen molar-refractivity contribution in [1.82, 2.24) is 15.5 Å². The summed E-state index contributed by atoms with van der Waals surface area (Å²) in [5, 5.41) is 14.1. The molecule has 0 saturated carbocycles. The lowest BCUT2D eigenvalue weighted by Crippen LogP contribution is -2.19. The molecule has 2 aromatic rings. The van der Waals surface area contributed by atoms with Crippen LogP contribution in [0.4, 0.5) is 0 Å². The maximum absolute atomic E-state index is 4.31. The Balaban J connectivity index is 2.28. The highest BCUT2D eigenvalue weighted by Crippen LogP contribution is 2.32. The van der Waals surface area contributed by atoms with Gasteiger partial charge in [-0.25, -0.2) is 0 Å². The molecule has 1 N–H and O–H groups in total. The van der Waals surface area contributed by atoms with Crippen molar-refractivity contribution in [2.24, 2.45) is 0 Å². The van der Waals surface area contributed by atoms with Crippen LogP contribution in [0, 0.1) is 0 Å². The zero-order valence-corrected chi connectivity index (χ0v) is 12.9. The molecular formula is C13H16BrN3S. The number of nitrogens with zero attached hydrogens (tertiary/aromatic N) is 2. The number of benzene rings is 1. The van der Waals surface area contributed by atoms with E-state index in [4.69, 9.17) is 0 Å². The van der Waals surface area contributed by atoms with E-state index in [-0.39, 0.29) is 0 Å². The summed E-state index contributed by atoms with van der Waals surface area (Å²) in [6.45, 7) is 5.22. The molecule has 0 saturated heterocycles. The van der Waals surface area contributed by atoms with Gasteiger partial charge in [-0.3, -0.25) is 0 Å². The smallest absolute Gasteiger partial charge is 0.148 e. The van der Waals surface area contributed by atoms with Crippen LogP contribution in [-0.2, 0) is 0 Å². The summed E-state index contributed by atoms with van der Waals surface area (Å²) in [5.74, 6) is 0. The van der Waals surface area contributed by atoms with Crippen LogP contribution in [-0.4, -0.2) is 16.7 Å². The second-order valence-electron chi connectivity index (χ2n) is 3.94. The highest BCUT2D eigenvalue weighted by atomic mass is 79.9. The normalized spacial score (nSPS) is 12.6. The van der Waals surface area contributed by atoms with E-state index < -0.39 is 0 Å². The van der Waals surface area contributed by atoms with Gasteiger partial charge in [-0.2, -0.15) is 0 Å². The molecule has 3 nitrogen and oxygen atoms in total. The predicted octanol–water partition coefficient (Wildman–Crippen LogP) is 4.03. The Labute approximate surface area is 120 Å². The number of halogens is 1. The molecule has 1 aromatic carbocycles. The van der Waals surface area contributed by atoms with Crippen molar-refractivity contribution in [3.05, 3.63) is 33.7 Å². The SMILES string of the molecule is CCNC(CC)c1nnc(-c2ccccc2Br)s1. The van der Waals surface area contributed by atoms with Gasteiger partial charge in [-0.1, -0.05) is 59.3 Å². The monoisotopic (exact) mass is 325 g/mol. The van der Waals surface area contributed by atoms with Gasteiger partial charge in [0, 0.05) is 10.0 Å². The molecule has 1 unspecified atom stereocenters. The third-order valence-corrected chi connectivity index (χ3v) is 4.46. The summed E-state index contributed by atoms with van der Waals surface area (Å²) >= 11 is 5.21. The zero-order chi connectivity index (χ0) is 13.0. The van der Waals surface area contributed by atoms with Gasteiger partial charge in [0.1, 0.15) is 10.0 Å². The average molecular weight is 326 g/mol. The van der Waals surface area contributed by atoms with E-state index in [2.05, 4.69) is 51.4 Å². The van der Waals surface area contributed by atoms with Gasteiger partial charge in [-0.05, 0) is 19.0 Å². The van der Waals surface area contributed by atoms with E-state index in [1.54, 1.807) is 11.3 Å². The van der Waals surface area contributed by atoms with E-state index >= 15 is 0 Å². The van der Waals surface area contributed by atoms with Gasteiger partial charge in [0.15, 0.2) is 0 Å². The van der Waals surface area contributed by atoms with Gasteiger partial charge in [-0.15, -0.1) is 10.2 Å². The molecule has 0 radical (unpaired) electrons. The van der Waals surface area contributed by atoms with Crippen molar-refractivity contribution < 1.29 is 0 Å². The number of aromatic nitrogens is 2. The van der Waals surface area contributed by atoms with Crippen LogP contribution in [0.3, 0.4) is 0 Å². The van der Waals surface area contributed by atoms with E-state index in [0.717, 1.165) is 33.0 Å². The molecule has 2 rings (SSSR count). The van der Waals surface area contributed by atoms with Crippen LogP contribution < -0.4 is 5.32 Å². The van der Waals surface area contributed by atoms with Crippen molar-refractivity contribution in [2.45, 2.75) is 26.3 Å². The first kappa shape index (κ1) is 13.6. The van der Waals surface area contributed by atoms with Crippen molar-refractivity contribution in [3.63, 3.8) is 0 Å². The minimum absolute atomic E-state index is 0.309. The molecule has 0 aliphatic heterocycles. The van der Waals surface area contributed by atoms with E-state index in [0.29, 0.717) is 6.04 Å². The second kappa shape index (κ2) is 6.41. The number of nitrogens with one attached hydrogen (secondary N) is 1. The van der Waals surface area contributed by atoms with Crippen molar-refractivity contribution in [3.8, 4) is 10.6 Å². The predicted molar refractivity (Wildman–Crippen MR) is 79.8 cm³/mol. The number of hydrogen-bond acceptors (Lipinski definition) is 4. The summed E-state index contributed by atoms with van der Waals surface area (Å²) in [7, 11) is 0. The van der Waals surface area contributed by atoms with Gasteiger partial charge >= 0.3 is 0 Å². The molecule has 0 aliphatic carbocycles. The minimum Gasteiger partial charge on any atom is -0.308 e. The second-order valence-corrected chi connectivity index (χ2v) is 5.81. The fourth-order valence-corrected chi connectivity index (χ4v) is 3.42. The molecule has 1 heterocycles. The topological polar surface area (TPSA) is 37.8 Å². The van der Waals surface area contributed by atoms with Crippen LogP contribution in [0.2, 0.25) is 0 Å². The average Bonchev–Trinajstić information content (AvgIpc) is 2.85. The summed E-state index contributed by atoms with van der Waals surface area (Å²) in [5.41, 5.74) is 1.10. The Morgan fingerprint density at radius 1 is 1.28 bits per heavy atom. The molecule has 0 aliphatic rings. The Kier molecular flexibility index (Phi) is 4.86. The lowest BCUT2D eigenvalue weighted by Gasteiger charge is -2.10. The number of hydrogen-bond donors (Lipinski definition) is 1. The summed E-state index contributed by atoms with van der Waals surface area (Å²) in [6.07, 6.45) is 1.03. The lowest BCUT2D eigenvalue weighted by molar-refractivity contribution is 0.531. The zero-order valence-electron chi connectivity index (χ0n) is 10.5. The molecule has 5 heteroatoms. The van der Waals surface area contributed by atoms with Crippen molar-refractivity contribution in [2.75, 3.05) is 6.54 Å². The maximum Gasteiger partial charge on any atom is 0.148 e. The Bertz CT molecular complexity index is 512. The van der Waals surface area contributed by atoms with Crippen molar-refractivity contribution in [1.29, 1.82) is 0 Å². The summed E-state index contributed by atoms with van der Waals surface area (Å²) in [6, 6.07) is 8.41. The van der Waals surface area contributed by atoms with Gasteiger partial charge in [0.05, 0.1) is 6.04 Å². The standard InChI is InChI=1S/C13H16BrN3S/c1-3-11(15-4-2)13-17-16-12(18-13)9-7-5-6-8-10(9)14/h5-8,11,15H,3-4H2,1-2H3. The molecule has 0 spiro atoms. The first-order chi connectivity index (χ1) is 8.76. The van der Waals surface area contributed by atoms with E-state index in [9.17, 15) is 0 Å². The molecule has 1 atom stereocenters. The lowest BCUT2D eigenvalue weighted by atomic mass is 10.2. The maximum atomic E-state index is 4.31. The highest BCUT2D eigenvalue weighted by Gasteiger charge is 2.15. The third-order valence-electron chi connectivity index (χ3n) is 2.70. The Morgan fingerprint density at radius 3 is 2.72 bits per heavy atom. The van der Waals surface area contributed by atoms with Crippen LogP contribution >= 0.6 is 27.3 Å². The number of rotatable bonds is 5. The van der Waals surface area contributed by atoms with Crippen LogP contribution in [0.15, 0.2) is 28.7 Å². The molecular weight excluding hydrogens is 310 g/mol. The van der Waals surface area contributed by atoms with Gasteiger partial charge < -0.3 is 5.32 Å². The third kappa shape index (κ3) is 2.96. The fourth-order valence-electron chi connectivity index (χ4n) is 1.77. The van der Waals surface area contributed by atoms with Gasteiger partial charge in [0.25, 0.3) is 0 Å². The van der Waals surface area contributed by atoms with Crippen LogP contribution in [0.1, 0.15) is 31.3 Å². The van der Waals surface area contributed by atoms with Crippen molar-refractivity contribution >= 4 is 27.3 Å². The molecule has 18 heavy (non-hydrogen) atoms.